The summed E-state index contributed by atoms with van der Waals surface area (Å²) >= 11 is 3.25. The average Bonchev–Trinajstić information content (AvgIpc) is 3.49. The summed E-state index contributed by atoms with van der Waals surface area (Å²) < 4.78 is 10.5. The van der Waals surface area contributed by atoms with Crippen molar-refractivity contribution < 1.29 is 14.3 Å². The lowest BCUT2D eigenvalue weighted by Gasteiger charge is -2.25. The molecular formula is C22H24N4O3S2. The Hall–Kier alpha value is -2.91. The molecule has 1 N–H and O–H groups in total. The van der Waals surface area contributed by atoms with Crippen molar-refractivity contribution in [3.05, 3.63) is 46.2 Å². The van der Waals surface area contributed by atoms with Gasteiger partial charge in [-0.15, -0.1) is 11.3 Å². The summed E-state index contributed by atoms with van der Waals surface area (Å²) in [7, 11) is 3.09. The SMILES string of the molecule is COc1ccc(C(=O)N/N=C\c2sc(N3CCCCC3)nc2-c2cccs2)cc1OC. The van der Waals surface area contributed by atoms with Crippen molar-refractivity contribution in [3.8, 4) is 22.1 Å². The van der Waals surface area contributed by atoms with Crippen LogP contribution >= 0.6 is 22.7 Å². The second-order valence-corrected chi connectivity index (χ2v) is 8.96. The van der Waals surface area contributed by atoms with E-state index in [0.29, 0.717) is 17.1 Å². The molecule has 31 heavy (non-hydrogen) atoms. The van der Waals surface area contributed by atoms with Gasteiger partial charge in [-0.2, -0.15) is 5.10 Å². The van der Waals surface area contributed by atoms with Gasteiger partial charge in [0.2, 0.25) is 0 Å². The van der Waals surface area contributed by atoms with Crippen LogP contribution in [0.1, 0.15) is 34.5 Å². The normalized spacial score (nSPS) is 14.1. The maximum absolute atomic E-state index is 12.5. The molecule has 162 valence electrons. The highest BCUT2D eigenvalue weighted by molar-refractivity contribution is 7.18. The van der Waals surface area contributed by atoms with Crippen molar-refractivity contribution in [2.75, 3.05) is 32.2 Å². The number of carbonyl (C=O) groups excluding carboxylic acids is 1. The zero-order valence-corrected chi connectivity index (χ0v) is 19.1. The number of ether oxygens (including phenoxy) is 2. The molecule has 1 aliphatic heterocycles. The predicted octanol–water partition coefficient (Wildman–Crippen LogP) is 4.64. The Morgan fingerprint density at radius 3 is 2.68 bits per heavy atom. The van der Waals surface area contributed by atoms with Gasteiger partial charge in [0.15, 0.2) is 16.6 Å². The number of thiophene rings is 1. The highest BCUT2D eigenvalue weighted by atomic mass is 32.1. The quantitative estimate of drug-likeness (QED) is 0.414. The maximum Gasteiger partial charge on any atom is 0.271 e. The first kappa shape index (κ1) is 21.3. The van der Waals surface area contributed by atoms with Gasteiger partial charge in [-0.05, 0) is 48.9 Å². The molecule has 9 heteroatoms. The molecule has 1 aromatic carbocycles. The van der Waals surface area contributed by atoms with Crippen molar-refractivity contribution in [2.24, 2.45) is 5.10 Å². The molecule has 1 saturated heterocycles. The van der Waals surface area contributed by atoms with Gasteiger partial charge in [0.05, 0.1) is 30.2 Å². The van der Waals surface area contributed by atoms with Gasteiger partial charge in [0.1, 0.15) is 5.69 Å². The molecular weight excluding hydrogens is 432 g/mol. The molecule has 2 aromatic heterocycles. The first-order chi connectivity index (χ1) is 15.2. The van der Waals surface area contributed by atoms with Crippen molar-refractivity contribution in [1.82, 2.24) is 10.4 Å². The van der Waals surface area contributed by atoms with Crippen molar-refractivity contribution in [2.45, 2.75) is 19.3 Å². The van der Waals surface area contributed by atoms with Gasteiger partial charge < -0.3 is 14.4 Å². The smallest absolute Gasteiger partial charge is 0.271 e. The Morgan fingerprint density at radius 2 is 1.97 bits per heavy atom. The number of anilines is 1. The van der Waals surface area contributed by atoms with E-state index in [9.17, 15) is 4.79 Å². The van der Waals surface area contributed by atoms with E-state index in [0.717, 1.165) is 33.7 Å². The summed E-state index contributed by atoms with van der Waals surface area (Å²) in [4.78, 5) is 21.8. The van der Waals surface area contributed by atoms with Gasteiger partial charge in [0, 0.05) is 18.7 Å². The van der Waals surface area contributed by atoms with Gasteiger partial charge in [-0.3, -0.25) is 4.79 Å². The number of aromatic nitrogens is 1. The maximum atomic E-state index is 12.5. The molecule has 0 aliphatic carbocycles. The lowest BCUT2D eigenvalue weighted by molar-refractivity contribution is 0.0954. The minimum atomic E-state index is -0.323. The van der Waals surface area contributed by atoms with Crippen LogP contribution in [0.4, 0.5) is 5.13 Å². The van der Waals surface area contributed by atoms with E-state index >= 15 is 0 Å². The highest BCUT2D eigenvalue weighted by Crippen LogP contribution is 2.35. The Morgan fingerprint density at radius 1 is 1.16 bits per heavy atom. The Balaban J connectivity index is 1.52. The van der Waals surface area contributed by atoms with Crippen LogP contribution in [-0.2, 0) is 0 Å². The third-order valence-corrected chi connectivity index (χ3v) is 6.94. The highest BCUT2D eigenvalue weighted by Gasteiger charge is 2.19. The number of hydrazone groups is 1. The van der Waals surface area contributed by atoms with Crippen LogP contribution in [0.15, 0.2) is 40.8 Å². The second kappa shape index (κ2) is 9.93. The molecule has 3 heterocycles. The fourth-order valence-corrected chi connectivity index (χ4v) is 5.21. The third-order valence-electron chi connectivity index (χ3n) is 5.02. The van der Waals surface area contributed by atoms with E-state index in [1.165, 1.54) is 26.4 Å². The molecule has 0 spiro atoms. The average molecular weight is 457 g/mol. The molecule has 0 atom stereocenters. The van der Waals surface area contributed by atoms with Gasteiger partial charge in [-0.25, -0.2) is 10.4 Å². The number of piperidine rings is 1. The fraction of sp³-hybridized carbons (Fsp3) is 0.318. The topological polar surface area (TPSA) is 76.0 Å². The predicted molar refractivity (Wildman–Crippen MR) is 126 cm³/mol. The second-order valence-electron chi connectivity index (χ2n) is 7.00. The van der Waals surface area contributed by atoms with E-state index < -0.39 is 0 Å². The molecule has 0 unspecified atom stereocenters. The number of nitrogens with one attached hydrogen (secondary N) is 1. The molecule has 1 aliphatic rings. The molecule has 0 saturated carbocycles. The minimum Gasteiger partial charge on any atom is -0.493 e. The van der Waals surface area contributed by atoms with Crippen molar-refractivity contribution in [3.63, 3.8) is 0 Å². The lowest BCUT2D eigenvalue weighted by Crippen LogP contribution is -2.29. The molecule has 3 aromatic rings. The largest absolute Gasteiger partial charge is 0.493 e. The van der Waals surface area contributed by atoms with Crippen LogP contribution in [0.5, 0.6) is 11.5 Å². The van der Waals surface area contributed by atoms with E-state index in [1.807, 2.05) is 11.4 Å². The number of hydrogen-bond acceptors (Lipinski definition) is 8. The fourth-order valence-electron chi connectivity index (χ4n) is 3.41. The number of nitrogens with zero attached hydrogens (tertiary/aromatic N) is 3. The Labute approximate surface area is 189 Å². The minimum absolute atomic E-state index is 0.323. The van der Waals surface area contributed by atoms with Crippen LogP contribution in [0, 0.1) is 0 Å². The summed E-state index contributed by atoms with van der Waals surface area (Å²) in [6, 6.07) is 9.06. The molecule has 0 radical (unpaired) electrons. The van der Waals surface area contributed by atoms with Crippen LogP contribution in [0.2, 0.25) is 0 Å². The van der Waals surface area contributed by atoms with E-state index in [4.69, 9.17) is 14.5 Å². The van der Waals surface area contributed by atoms with Crippen molar-refractivity contribution >= 4 is 39.9 Å². The summed E-state index contributed by atoms with van der Waals surface area (Å²) in [5, 5.41) is 7.25. The first-order valence-corrected chi connectivity index (χ1v) is 11.7. The number of thiazole rings is 1. The van der Waals surface area contributed by atoms with E-state index in [2.05, 4.69) is 21.5 Å². The monoisotopic (exact) mass is 456 g/mol. The molecule has 1 amide bonds. The molecule has 0 bridgehead atoms. The molecule has 1 fully saturated rings. The summed E-state index contributed by atoms with van der Waals surface area (Å²) in [6.07, 6.45) is 5.34. The zero-order valence-electron chi connectivity index (χ0n) is 17.5. The van der Waals surface area contributed by atoms with Crippen LogP contribution in [0.25, 0.3) is 10.6 Å². The number of amides is 1. The zero-order chi connectivity index (χ0) is 21.6. The Bertz CT molecular complexity index is 1060. The third kappa shape index (κ3) is 4.88. The number of carbonyl (C=O) groups is 1. The number of rotatable bonds is 7. The first-order valence-electron chi connectivity index (χ1n) is 10.0. The van der Waals surface area contributed by atoms with Crippen LogP contribution < -0.4 is 19.8 Å². The van der Waals surface area contributed by atoms with Gasteiger partial charge in [-0.1, -0.05) is 17.4 Å². The summed E-state index contributed by atoms with van der Waals surface area (Å²) in [6.45, 7) is 2.06. The lowest BCUT2D eigenvalue weighted by atomic mass is 10.1. The number of benzene rings is 1. The van der Waals surface area contributed by atoms with Gasteiger partial charge in [0.25, 0.3) is 5.91 Å². The molecule has 4 rings (SSSR count). The van der Waals surface area contributed by atoms with Crippen LogP contribution in [-0.4, -0.2) is 44.4 Å². The van der Waals surface area contributed by atoms with Crippen molar-refractivity contribution in [1.29, 1.82) is 0 Å². The summed E-state index contributed by atoms with van der Waals surface area (Å²) in [5.41, 5.74) is 3.94. The number of hydrogen-bond donors (Lipinski definition) is 1. The Kier molecular flexibility index (Phi) is 6.83. The number of methoxy groups -OCH3 is 2. The van der Waals surface area contributed by atoms with E-state index in [1.54, 1.807) is 54.2 Å². The van der Waals surface area contributed by atoms with Crippen LogP contribution in [0.3, 0.4) is 0 Å². The molecule has 7 nitrogen and oxygen atoms in total. The van der Waals surface area contributed by atoms with E-state index in [-0.39, 0.29) is 5.91 Å². The standard InChI is InChI=1S/C22H24N4O3S2/c1-28-16-9-8-15(13-17(16)29-2)21(27)25-23-14-19-20(18-7-6-12-30-18)24-22(31-19)26-10-4-3-5-11-26/h6-9,12-14H,3-5,10-11H2,1-2H3,(H,25,27)/b23-14-. The summed E-state index contributed by atoms with van der Waals surface area (Å²) in [5.74, 6) is 0.737. The van der Waals surface area contributed by atoms with Gasteiger partial charge >= 0.3 is 0 Å².